The summed E-state index contributed by atoms with van der Waals surface area (Å²) in [6.07, 6.45) is 8.40. The van der Waals surface area contributed by atoms with E-state index in [1.165, 1.54) is 12.8 Å². The molecule has 2 aromatic heterocycles. The molecule has 0 saturated heterocycles. The normalized spacial score (nSPS) is 14.1. The number of ether oxygens (including phenoxy) is 1. The Bertz CT molecular complexity index is 1230. The fourth-order valence-corrected chi connectivity index (χ4v) is 4.11. The van der Waals surface area contributed by atoms with Crippen molar-refractivity contribution in [1.29, 1.82) is 0 Å². The number of pyridine rings is 1. The zero-order valence-electron chi connectivity index (χ0n) is 16.7. The van der Waals surface area contributed by atoms with E-state index < -0.39 is 0 Å². The van der Waals surface area contributed by atoms with Crippen LogP contribution in [-0.4, -0.2) is 21.1 Å². The first-order valence-electron chi connectivity index (χ1n) is 10.3. The Kier molecular flexibility index (Phi) is 5.62. The molecule has 7 heteroatoms. The maximum absolute atomic E-state index is 6.21. The molecule has 2 heterocycles. The van der Waals surface area contributed by atoms with E-state index >= 15 is 0 Å². The number of hydrogen-bond donors (Lipinski definition) is 1. The van der Waals surface area contributed by atoms with Crippen LogP contribution in [0.3, 0.4) is 0 Å². The van der Waals surface area contributed by atoms with Crippen molar-refractivity contribution in [3.8, 4) is 17.1 Å². The lowest BCUT2D eigenvalue weighted by Gasteiger charge is -2.15. The maximum atomic E-state index is 6.21. The van der Waals surface area contributed by atoms with Crippen molar-refractivity contribution in [3.05, 3.63) is 71.0 Å². The van der Waals surface area contributed by atoms with E-state index in [9.17, 15) is 0 Å². The van der Waals surface area contributed by atoms with E-state index in [4.69, 9.17) is 37.9 Å². The van der Waals surface area contributed by atoms with Gasteiger partial charge in [-0.3, -0.25) is 4.98 Å². The lowest BCUT2D eigenvalue weighted by Crippen LogP contribution is -2.10. The largest absolute Gasteiger partial charge is 0.490 e. The summed E-state index contributed by atoms with van der Waals surface area (Å²) in [5.41, 5.74) is 2.44. The van der Waals surface area contributed by atoms with Gasteiger partial charge in [-0.15, -0.1) is 0 Å². The fraction of sp³-hybridized carbons (Fsp3) is 0.208. The molecular formula is C24H20Cl2N4O. The third kappa shape index (κ3) is 4.43. The first-order chi connectivity index (χ1) is 15.2. The molecule has 0 spiro atoms. The van der Waals surface area contributed by atoms with Crippen molar-refractivity contribution in [2.45, 2.75) is 31.8 Å². The Morgan fingerprint density at radius 3 is 2.58 bits per heavy atom. The third-order valence-corrected chi connectivity index (χ3v) is 6.11. The summed E-state index contributed by atoms with van der Waals surface area (Å²) < 4.78 is 6.21. The molecule has 1 saturated carbocycles. The molecule has 5 nitrogen and oxygen atoms in total. The van der Waals surface area contributed by atoms with E-state index in [1.54, 1.807) is 24.5 Å². The first-order valence-corrected chi connectivity index (χ1v) is 11.0. The van der Waals surface area contributed by atoms with Crippen LogP contribution in [0.5, 0.6) is 5.75 Å². The number of anilines is 2. The first kappa shape index (κ1) is 20.0. The topological polar surface area (TPSA) is 59.9 Å². The highest BCUT2D eigenvalue weighted by molar-refractivity contribution is 6.42. The van der Waals surface area contributed by atoms with Crippen molar-refractivity contribution in [1.82, 2.24) is 15.0 Å². The molecule has 1 fully saturated rings. The Labute approximate surface area is 190 Å². The average Bonchev–Trinajstić information content (AvgIpc) is 3.30. The minimum Gasteiger partial charge on any atom is -0.490 e. The second kappa shape index (κ2) is 8.69. The molecule has 0 bridgehead atoms. The van der Waals surface area contributed by atoms with Gasteiger partial charge in [0.1, 0.15) is 11.6 Å². The van der Waals surface area contributed by atoms with E-state index in [2.05, 4.69) is 10.3 Å². The highest BCUT2D eigenvalue weighted by Crippen LogP contribution is 2.33. The Hall–Kier alpha value is -2.89. The lowest BCUT2D eigenvalue weighted by molar-refractivity contribution is 0.210. The Balaban J connectivity index is 1.59. The Morgan fingerprint density at radius 2 is 1.81 bits per heavy atom. The second-order valence-electron chi connectivity index (χ2n) is 7.59. The second-order valence-corrected chi connectivity index (χ2v) is 8.41. The zero-order chi connectivity index (χ0) is 21.2. The Morgan fingerprint density at radius 1 is 0.935 bits per heavy atom. The van der Waals surface area contributed by atoms with Crippen LogP contribution < -0.4 is 10.1 Å². The molecule has 31 heavy (non-hydrogen) atoms. The van der Waals surface area contributed by atoms with Gasteiger partial charge < -0.3 is 10.1 Å². The number of halogens is 2. The number of fused-ring (bicyclic) bond motifs is 1. The molecular weight excluding hydrogens is 431 g/mol. The number of hydrogen-bond acceptors (Lipinski definition) is 5. The molecule has 1 aliphatic rings. The summed E-state index contributed by atoms with van der Waals surface area (Å²) in [5, 5.41) is 5.22. The summed E-state index contributed by atoms with van der Waals surface area (Å²) >= 11 is 12.3. The van der Waals surface area contributed by atoms with Crippen molar-refractivity contribution in [3.63, 3.8) is 0 Å². The van der Waals surface area contributed by atoms with Gasteiger partial charge in [-0.2, -0.15) is 0 Å². The molecule has 2 aromatic carbocycles. The lowest BCUT2D eigenvalue weighted by atomic mass is 10.2. The van der Waals surface area contributed by atoms with E-state index in [0.717, 1.165) is 40.7 Å². The van der Waals surface area contributed by atoms with Gasteiger partial charge in [0.05, 0.1) is 21.7 Å². The van der Waals surface area contributed by atoms with Gasteiger partial charge in [0, 0.05) is 29.0 Å². The molecule has 1 N–H and O–H groups in total. The highest BCUT2D eigenvalue weighted by Gasteiger charge is 2.18. The van der Waals surface area contributed by atoms with Crippen LogP contribution in [0.2, 0.25) is 10.0 Å². The average molecular weight is 451 g/mol. The van der Waals surface area contributed by atoms with Gasteiger partial charge >= 0.3 is 0 Å². The number of benzene rings is 2. The fourth-order valence-electron chi connectivity index (χ4n) is 3.81. The van der Waals surface area contributed by atoms with Crippen molar-refractivity contribution < 1.29 is 4.74 Å². The summed E-state index contributed by atoms with van der Waals surface area (Å²) in [4.78, 5) is 13.8. The molecule has 0 unspecified atom stereocenters. The van der Waals surface area contributed by atoms with Gasteiger partial charge in [0.2, 0.25) is 0 Å². The van der Waals surface area contributed by atoms with Crippen LogP contribution in [0.25, 0.3) is 22.3 Å². The molecule has 0 atom stereocenters. The molecule has 156 valence electrons. The SMILES string of the molecule is Clc1ccc(Nc2nc(-c3cccnc3)nc3ccc(OC4CCCC4)cc23)cc1Cl. The molecule has 1 aliphatic carbocycles. The minimum absolute atomic E-state index is 0.277. The monoisotopic (exact) mass is 450 g/mol. The summed E-state index contributed by atoms with van der Waals surface area (Å²) in [6.45, 7) is 0. The van der Waals surface area contributed by atoms with Gasteiger partial charge in [0.15, 0.2) is 5.82 Å². The van der Waals surface area contributed by atoms with E-state index in [-0.39, 0.29) is 6.10 Å². The van der Waals surface area contributed by atoms with Crippen molar-refractivity contribution in [2.75, 3.05) is 5.32 Å². The van der Waals surface area contributed by atoms with E-state index in [1.807, 2.05) is 36.4 Å². The van der Waals surface area contributed by atoms with Gasteiger partial charge in [-0.25, -0.2) is 9.97 Å². The highest BCUT2D eigenvalue weighted by atomic mass is 35.5. The van der Waals surface area contributed by atoms with Gasteiger partial charge in [-0.05, 0) is 74.2 Å². The third-order valence-electron chi connectivity index (χ3n) is 5.37. The molecule has 5 rings (SSSR count). The van der Waals surface area contributed by atoms with Crippen molar-refractivity contribution >= 4 is 45.6 Å². The van der Waals surface area contributed by atoms with Crippen LogP contribution in [0.4, 0.5) is 11.5 Å². The van der Waals surface area contributed by atoms with Gasteiger partial charge in [-0.1, -0.05) is 23.2 Å². The quantitative estimate of drug-likeness (QED) is 0.352. The van der Waals surface area contributed by atoms with Crippen LogP contribution in [0.1, 0.15) is 25.7 Å². The van der Waals surface area contributed by atoms with E-state index in [0.29, 0.717) is 21.7 Å². The summed E-state index contributed by atoms with van der Waals surface area (Å²) in [6, 6.07) is 15.2. The predicted molar refractivity (Wildman–Crippen MR) is 125 cm³/mol. The molecule has 4 aromatic rings. The maximum Gasteiger partial charge on any atom is 0.163 e. The summed E-state index contributed by atoms with van der Waals surface area (Å²) in [5.74, 6) is 2.08. The predicted octanol–water partition coefficient (Wildman–Crippen LogP) is 7.06. The zero-order valence-corrected chi connectivity index (χ0v) is 18.2. The summed E-state index contributed by atoms with van der Waals surface area (Å²) in [7, 11) is 0. The molecule has 0 radical (unpaired) electrons. The smallest absolute Gasteiger partial charge is 0.163 e. The standard InChI is InChI=1S/C24H20Cl2N4O/c25-20-9-7-16(12-21(20)26)28-24-19-13-18(31-17-5-1-2-6-17)8-10-22(19)29-23(30-24)15-4-3-11-27-14-15/h3-4,7-14,17H,1-2,5-6H2,(H,28,29,30). The number of nitrogens with zero attached hydrogens (tertiary/aromatic N) is 3. The molecule has 0 amide bonds. The molecule has 0 aliphatic heterocycles. The van der Waals surface area contributed by atoms with Gasteiger partial charge in [0.25, 0.3) is 0 Å². The number of aromatic nitrogens is 3. The number of nitrogens with one attached hydrogen (secondary N) is 1. The van der Waals surface area contributed by atoms with Crippen LogP contribution in [0, 0.1) is 0 Å². The minimum atomic E-state index is 0.277. The van der Waals surface area contributed by atoms with Crippen molar-refractivity contribution in [2.24, 2.45) is 0 Å². The van der Waals surface area contributed by atoms with Crippen LogP contribution in [-0.2, 0) is 0 Å². The number of rotatable bonds is 5. The van der Waals surface area contributed by atoms with Crippen LogP contribution >= 0.6 is 23.2 Å². The van der Waals surface area contributed by atoms with Crippen LogP contribution in [0.15, 0.2) is 60.9 Å².